The largest absolute Gasteiger partial charge is 0.366 e. The number of aromatic nitrogens is 1. The summed E-state index contributed by atoms with van der Waals surface area (Å²) in [5.74, 6) is 2.44. The fourth-order valence-electron chi connectivity index (χ4n) is 2.08. The summed E-state index contributed by atoms with van der Waals surface area (Å²) in [5.41, 5.74) is 2.36. The van der Waals surface area contributed by atoms with E-state index < -0.39 is 0 Å². The quantitative estimate of drug-likeness (QED) is 0.892. The summed E-state index contributed by atoms with van der Waals surface area (Å²) in [6.45, 7) is 5.55. The Morgan fingerprint density at radius 3 is 2.94 bits per heavy atom. The van der Waals surface area contributed by atoms with Crippen molar-refractivity contribution in [1.82, 2.24) is 10.3 Å². The van der Waals surface area contributed by atoms with Crippen molar-refractivity contribution in [2.75, 3.05) is 30.0 Å². The minimum atomic E-state index is 0.318. The summed E-state index contributed by atoms with van der Waals surface area (Å²) in [6.07, 6.45) is 2.01. The van der Waals surface area contributed by atoms with E-state index in [4.69, 9.17) is 0 Å². The number of anilines is 1. The van der Waals surface area contributed by atoms with Crippen LogP contribution in [0.3, 0.4) is 0 Å². The first kappa shape index (κ1) is 12.7. The van der Waals surface area contributed by atoms with Gasteiger partial charge in [-0.2, -0.15) is 11.8 Å². The van der Waals surface area contributed by atoms with Gasteiger partial charge in [-0.3, -0.25) is 4.98 Å². The van der Waals surface area contributed by atoms with Crippen LogP contribution in [0.1, 0.15) is 25.6 Å². The smallest absolute Gasteiger partial charge is 0.0571 e. The number of thioether (sulfide) groups is 1. The monoisotopic (exact) mass is 251 g/mol. The second-order valence-electron chi connectivity index (χ2n) is 4.57. The minimum Gasteiger partial charge on any atom is -0.366 e. The molecular formula is C13H21N3S. The lowest BCUT2D eigenvalue weighted by Gasteiger charge is -2.34. The van der Waals surface area contributed by atoms with Crippen LogP contribution in [-0.2, 0) is 0 Å². The van der Waals surface area contributed by atoms with Gasteiger partial charge in [-0.15, -0.1) is 0 Å². The third kappa shape index (κ3) is 2.93. The van der Waals surface area contributed by atoms with E-state index in [1.165, 1.54) is 17.2 Å². The van der Waals surface area contributed by atoms with Crippen molar-refractivity contribution in [3.8, 4) is 0 Å². The van der Waals surface area contributed by atoms with E-state index in [1.54, 1.807) is 0 Å². The molecule has 1 aliphatic rings. The summed E-state index contributed by atoms with van der Waals surface area (Å²) in [7, 11) is 1.96. The summed E-state index contributed by atoms with van der Waals surface area (Å²) < 4.78 is 0. The Morgan fingerprint density at radius 1 is 1.53 bits per heavy atom. The highest BCUT2D eigenvalue weighted by Gasteiger charge is 2.19. The van der Waals surface area contributed by atoms with E-state index in [2.05, 4.69) is 41.2 Å². The Morgan fingerprint density at radius 2 is 2.35 bits per heavy atom. The van der Waals surface area contributed by atoms with Crippen LogP contribution in [0.15, 0.2) is 18.3 Å². The molecule has 3 nitrogen and oxygen atoms in total. The van der Waals surface area contributed by atoms with Gasteiger partial charge in [0.1, 0.15) is 0 Å². The molecule has 1 aliphatic heterocycles. The highest BCUT2D eigenvalue weighted by Crippen LogP contribution is 2.24. The van der Waals surface area contributed by atoms with Crippen LogP contribution in [-0.4, -0.2) is 36.1 Å². The van der Waals surface area contributed by atoms with Crippen molar-refractivity contribution in [3.05, 3.63) is 24.0 Å². The molecule has 0 saturated carbocycles. The molecule has 1 N–H and O–H groups in total. The Kier molecular flexibility index (Phi) is 4.29. The molecule has 1 saturated heterocycles. The number of pyridine rings is 1. The second-order valence-corrected chi connectivity index (χ2v) is 5.72. The van der Waals surface area contributed by atoms with E-state index in [0.717, 1.165) is 12.2 Å². The van der Waals surface area contributed by atoms with E-state index in [-0.39, 0.29) is 0 Å². The van der Waals surface area contributed by atoms with Gasteiger partial charge < -0.3 is 10.2 Å². The summed E-state index contributed by atoms with van der Waals surface area (Å²) in [4.78, 5) is 7.00. The standard InChI is InChI=1S/C13H21N3S/c1-10-9-17-7-6-16(10)12-4-5-13(15-8-12)11(2)14-3/h4-5,8,10-11,14H,6-7,9H2,1-3H3. The number of hydrogen-bond acceptors (Lipinski definition) is 4. The fourth-order valence-corrected chi connectivity index (χ4v) is 3.10. The highest BCUT2D eigenvalue weighted by atomic mass is 32.2. The molecule has 0 bridgehead atoms. The van der Waals surface area contributed by atoms with Crippen LogP contribution in [0.5, 0.6) is 0 Å². The maximum atomic E-state index is 4.55. The molecule has 17 heavy (non-hydrogen) atoms. The molecule has 0 amide bonds. The van der Waals surface area contributed by atoms with E-state index >= 15 is 0 Å². The van der Waals surface area contributed by atoms with Crippen molar-refractivity contribution >= 4 is 17.4 Å². The molecule has 0 aliphatic carbocycles. The van der Waals surface area contributed by atoms with Gasteiger partial charge in [-0.25, -0.2) is 0 Å². The third-order valence-corrected chi connectivity index (χ3v) is 4.54. The first-order chi connectivity index (χ1) is 8.22. The van der Waals surface area contributed by atoms with Gasteiger partial charge in [-0.1, -0.05) is 0 Å². The normalized spacial score (nSPS) is 22.5. The van der Waals surface area contributed by atoms with Crippen molar-refractivity contribution in [2.45, 2.75) is 25.9 Å². The molecule has 0 radical (unpaired) electrons. The molecule has 2 atom stereocenters. The van der Waals surface area contributed by atoms with Gasteiger partial charge >= 0.3 is 0 Å². The van der Waals surface area contributed by atoms with Gasteiger partial charge in [0.2, 0.25) is 0 Å². The minimum absolute atomic E-state index is 0.318. The predicted molar refractivity (Wildman–Crippen MR) is 75.8 cm³/mol. The molecule has 4 heteroatoms. The molecular weight excluding hydrogens is 230 g/mol. The Balaban J connectivity index is 2.11. The van der Waals surface area contributed by atoms with Crippen molar-refractivity contribution < 1.29 is 0 Å². The van der Waals surface area contributed by atoms with Gasteiger partial charge in [0, 0.05) is 30.1 Å². The first-order valence-corrected chi connectivity index (χ1v) is 7.35. The lowest BCUT2D eigenvalue weighted by molar-refractivity contribution is 0.631. The van der Waals surface area contributed by atoms with E-state index in [0.29, 0.717) is 12.1 Å². The van der Waals surface area contributed by atoms with E-state index in [1.807, 2.05) is 25.0 Å². The molecule has 0 spiro atoms. The lowest BCUT2D eigenvalue weighted by Crippen LogP contribution is -2.40. The van der Waals surface area contributed by atoms with Crippen LogP contribution < -0.4 is 10.2 Å². The van der Waals surface area contributed by atoms with Crippen molar-refractivity contribution in [3.63, 3.8) is 0 Å². The summed E-state index contributed by atoms with van der Waals surface area (Å²) in [6, 6.07) is 5.26. The zero-order chi connectivity index (χ0) is 12.3. The molecule has 2 rings (SSSR count). The number of hydrogen-bond donors (Lipinski definition) is 1. The van der Waals surface area contributed by atoms with Crippen LogP contribution in [0.2, 0.25) is 0 Å². The molecule has 1 aromatic rings. The van der Waals surface area contributed by atoms with Gasteiger partial charge in [0.15, 0.2) is 0 Å². The van der Waals surface area contributed by atoms with Crippen LogP contribution in [0, 0.1) is 0 Å². The molecule has 1 aromatic heterocycles. The Hall–Kier alpha value is -0.740. The van der Waals surface area contributed by atoms with Gasteiger partial charge in [-0.05, 0) is 33.0 Å². The maximum absolute atomic E-state index is 4.55. The predicted octanol–water partition coefficient (Wildman–Crippen LogP) is 2.30. The van der Waals surface area contributed by atoms with Gasteiger partial charge in [0.25, 0.3) is 0 Å². The summed E-state index contributed by atoms with van der Waals surface area (Å²) in [5, 5.41) is 3.21. The number of nitrogens with zero attached hydrogens (tertiary/aromatic N) is 2. The SMILES string of the molecule is CNC(C)c1ccc(N2CCSCC2C)cn1. The molecule has 0 aromatic carbocycles. The van der Waals surface area contributed by atoms with E-state index in [9.17, 15) is 0 Å². The third-order valence-electron chi connectivity index (χ3n) is 3.35. The molecule has 1 fully saturated rings. The molecule has 94 valence electrons. The second kappa shape index (κ2) is 5.74. The Labute approximate surface area is 108 Å². The average molecular weight is 251 g/mol. The molecule has 2 unspecified atom stereocenters. The number of rotatable bonds is 3. The zero-order valence-corrected chi connectivity index (χ0v) is 11.6. The topological polar surface area (TPSA) is 28.2 Å². The zero-order valence-electron chi connectivity index (χ0n) is 10.8. The maximum Gasteiger partial charge on any atom is 0.0571 e. The first-order valence-electron chi connectivity index (χ1n) is 6.20. The van der Waals surface area contributed by atoms with Gasteiger partial charge in [0.05, 0.1) is 17.6 Å². The lowest BCUT2D eigenvalue weighted by atomic mass is 10.2. The van der Waals surface area contributed by atoms with Crippen molar-refractivity contribution in [1.29, 1.82) is 0 Å². The van der Waals surface area contributed by atoms with Crippen molar-refractivity contribution in [2.24, 2.45) is 0 Å². The number of nitrogens with one attached hydrogen (secondary N) is 1. The van der Waals surface area contributed by atoms with Crippen LogP contribution in [0.25, 0.3) is 0 Å². The Bertz CT molecular complexity index is 352. The van der Waals surface area contributed by atoms with Crippen LogP contribution in [0.4, 0.5) is 5.69 Å². The summed E-state index contributed by atoms with van der Waals surface area (Å²) >= 11 is 2.04. The van der Waals surface area contributed by atoms with Crippen LogP contribution >= 0.6 is 11.8 Å². The molecule has 2 heterocycles. The highest BCUT2D eigenvalue weighted by molar-refractivity contribution is 7.99. The average Bonchev–Trinajstić information content (AvgIpc) is 2.39. The fraction of sp³-hybridized carbons (Fsp3) is 0.615.